The first-order valence-electron chi connectivity index (χ1n) is 50.8. The van der Waals surface area contributed by atoms with E-state index < -0.39 is 118 Å². The van der Waals surface area contributed by atoms with Gasteiger partial charge in [-0.05, 0) is 247 Å². The Morgan fingerprint density at radius 1 is 0.373 bits per heavy atom. The largest absolute Gasteiger partial charge is 0.465 e. The predicted octanol–water partition coefficient (Wildman–Crippen LogP) is 28.4. The molecular weight excluding hydrogens is 1720 g/mol. The van der Waals surface area contributed by atoms with Gasteiger partial charge in [0.1, 0.15) is 24.4 Å². The number of unbranched alkanes of at least 4 members (excludes halogenated alkanes) is 3. The van der Waals surface area contributed by atoms with Crippen LogP contribution >= 0.6 is 0 Å². The number of rotatable bonds is 38. The van der Waals surface area contributed by atoms with Gasteiger partial charge in [0.05, 0.1) is 46.9 Å². The fourth-order valence-electron chi connectivity index (χ4n) is 16.3. The van der Waals surface area contributed by atoms with Gasteiger partial charge in [0.15, 0.2) is 23.0 Å². The van der Waals surface area contributed by atoms with Crippen LogP contribution in [0.15, 0.2) is 42.5 Å². The van der Waals surface area contributed by atoms with Gasteiger partial charge in [0.2, 0.25) is 0 Å². The lowest BCUT2D eigenvalue weighted by atomic mass is 9.73. The number of hydrogen-bond acceptors (Lipinski definition) is 18. The van der Waals surface area contributed by atoms with Gasteiger partial charge in [0, 0.05) is 23.7 Å². The third-order valence-corrected chi connectivity index (χ3v) is 29.8. The number of ether oxygens (including phenoxy) is 9. The van der Waals surface area contributed by atoms with E-state index in [0.29, 0.717) is 75.1 Å². The molecule has 6 fully saturated rings. The maximum Gasteiger partial charge on any atom is 0.425 e. The second kappa shape index (κ2) is 52.5. The normalized spacial score (nSPS) is 22.7. The molecule has 772 valence electrons. The molecule has 17 atom stereocenters. The van der Waals surface area contributed by atoms with Crippen LogP contribution in [0.5, 0.6) is 0 Å². The summed E-state index contributed by atoms with van der Waals surface area (Å²) in [5.41, 5.74) is 2.17. The highest BCUT2D eigenvalue weighted by Crippen LogP contribution is 2.65. The van der Waals surface area contributed by atoms with Gasteiger partial charge in [-0.3, -0.25) is 43.2 Å². The van der Waals surface area contributed by atoms with Crippen molar-refractivity contribution in [1.82, 2.24) is 0 Å². The van der Waals surface area contributed by atoms with Gasteiger partial charge < -0.3 is 42.6 Å². The molecule has 24 heteroatoms. The Bertz CT molecular complexity index is 3730. The molecule has 2 aromatic rings. The summed E-state index contributed by atoms with van der Waals surface area (Å²) >= 11 is 0. The van der Waals surface area contributed by atoms with Crippen LogP contribution in [0.4, 0.5) is 26.3 Å². The maximum atomic E-state index is 12.7. The summed E-state index contributed by atoms with van der Waals surface area (Å²) < 4.78 is 123. The van der Waals surface area contributed by atoms with Gasteiger partial charge in [-0.15, -0.1) is 0 Å². The Balaban J connectivity index is 0.000000538. The van der Waals surface area contributed by atoms with Crippen molar-refractivity contribution in [2.45, 2.75) is 474 Å². The summed E-state index contributed by atoms with van der Waals surface area (Å²) in [5.74, 6) is -4.14. The number of alkyl halides is 6. The van der Waals surface area contributed by atoms with Crippen molar-refractivity contribution in [1.29, 1.82) is 0 Å². The fraction of sp³-hybridized carbons (Fsp3) is 0.809. The van der Waals surface area contributed by atoms with Crippen molar-refractivity contribution < 1.29 is 112 Å². The minimum Gasteiger partial charge on any atom is -0.465 e. The highest BCUT2D eigenvalue weighted by molar-refractivity contribution is 6.04. The van der Waals surface area contributed by atoms with Crippen LogP contribution in [-0.4, -0.2) is 123 Å². The first kappa shape index (κ1) is 123. The highest BCUT2D eigenvalue weighted by Gasteiger charge is 2.77. The van der Waals surface area contributed by atoms with Gasteiger partial charge in [-0.25, -0.2) is 0 Å². The summed E-state index contributed by atoms with van der Waals surface area (Å²) in [6.07, 6.45) is 3.81. The SMILES string of the molecule is CCC(C)(C)C(=O)OC1C2CC3C1OC(=O)C3(C(=O)OC(C)C(F)(F)F)C2.CCC(C)(C)C(=O)OC1C2CC3C1OC(=O)C3(C(=O)OC(C)C(F)(F)F)C2.CCC(C)c1cc(C(C)(C)C)cc(C(C)(C)C)c1.CCC(C)c1ccc(C(C)(C)C)cc1.CCCCC(CC)COC(=O)C(C)(C)CC.CCCCC(CC)COC(=O)C(C)(C)CC.CCCCC(CC)COC(=O)C(C)(C)CC. The minimum atomic E-state index is -4.71. The third kappa shape index (κ3) is 34.4. The molecule has 4 saturated carbocycles. The predicted molar refractivity (Wildman–Crippen MR) is 520 cm³/mol. The monoisotopic (exact) mass is 1910 g/mol. The molecule has 4 aliphatic carbocycles. The van der Waals surface area contributed by atoms with E-state index in [9.17, 15) is 69.5 Å². The zero-order valence-corrected chi connectivity index (χ0v) is 89.7. The number of carbonyl (C=O) groups is 9. The molecule has 134 heavy (non-hydrogen) atoms. The zero-order valence-electron chi connectivity index (χ0n) is 89.7. The first-order valence-corrected chi connectivity index (χ1v) is 50.8. The lowest BCUT2D eigenvalue weighted by Crippen LogP contribution is -2.48. The summed E-state index contributed by atoms with van der Waals surface area (Å²) in [6.45, 7) is 74.4. The topological polar surface area (TPSA) is 237 Å². The molecule has 0 radical (unpaired) electrons. The molecule has 2 aliphatic heterocycles. The molecule has 0 aromatic heterocycles. The van der Waals surface area contributed by atoms with Crippen molar-refractivity contribution in [3.8, 4) is 0 Å². The van der Waals surface area contributed by atoms with Gasteiger partial charge in [-0.1, -0.05) is 266 Å². The van der Waals surface area contributed by atoms with Crippen molar-refractivity contribution in [3.05, 3.63) is 70.3 Å². The number of carbonyl (C=O) groups excluding carboxylic acids is 9. The summed E-state index contributed by atoms with van der Waals surface area (Å²) in [5, 5.41) is 0. The lowest BCUT2D eigenvalue weighted by molar-refractivity contribution is -0.222. The number of fused-ring (bicyclic) bond motifs is 2. The van der Waals surface area contributed by atoms with Crippen molar-refractivity contribution in [2.24, 2.45) is 79.3 Å². The van der Waals surface area contributed by atoms with Gasteiger partial charge >= 0.3 is 66.1 Å². The molecule has 0 N–H and O–H groups in total. The second-order valence-corrected chi connectivity index (χ2v) is 45.3. The minimum absolute atomic E-state index is 0.0269. The van der Waals surface area contributed by atoms with E-state index in [1.54, 1.807) is 27.7 Å². The first-order chi connectivity index (χ1) is 61.6. The standard InChI is InChI=1S/2C18H23F3O6.C18H30.3C14H28O2.C14H22/c2*1-5-16(3,4)13(22)26-11-9-6-10-12(11)27-15(24)17(10,7-9)14(23)25-8(2)18(19,20)21;1-9-13(2)14-10-15(17(3,4)5)12-16(11-14)18(6,7)8;3*1-6-9-10-12(7-2)11-16-13(15)14(4,5)8-3;1-6-11(2)12-7-9-13(10-8-12)14(3,4)5/h2*8-12H,5-7H2,1-4H3;10-13H,9H2,1-8H3;3*12H,6-11H2,1-5H3;7-11H,6H2,1-5H3. The summed E-state index contributed by atoms with van der Waals surface area (Å²) in [4.78, 5) is 110. The molecule has 2 aromatic carbocycles. The highest BCUT2D eigenvalue weighted by atomic mass is 19.4. The van der Waals surface area contributed by atoms with Gasteiger partial charge in [0.25, 0.3) is 0 Å². The van der Waals surface area contributed by atoms with Gasteiger partial charge in [-0.2, -0.15) is 26.3 Å². The van der Waals surface area contributed by atoms with Crippen LogP contribution in [0.2, 0.25) is 0 Å². The van der Waals surface area contributed by atoms with Crippen molar-refractivity contribution in [2.75, 3.05) is 19.8 Å². The Morgan fingerprint density at radius 2 is 0.642 bits per heavy atom. The Labute approximate surface area is 805 Å². The quantitative estimate of drug-likeness (QED) is 0.0263. The van der Waals surface area contributed by atoms with Crippen LogP contribution in [0.25, 0.3) is 0 Å². The Hall–Kier alpha value is -6.75. The van der Waals surface area contributed by atoms with E-state index in [-0.39, 0.29) is 75.1 Å². The van der Waals surface area contributed by atoms with Crippen LogP contribution < -0.4 is 0 Å². The molecule has 0 amide bonds. The number of hydrogen-bond donors (Lipinski definition) is 0. The average Bonchev–Trinajstić information content (AvgIpc) is 1.53. The molecule has 4 bridgehead atoms. The van der Waals surface area contributed by atoms with E-state index in [4.69, 9.17) is 33.2 Å². The average molecular weight is 1910 g/mol. The fourth-order valence-corrected chi connectivity index (χ4v) is 16.3. The van der Waals surface area contributed by atoms with Crippen LogP contribution in [0.1, 0.15) is 437 Å². The molecule has 0 spiro atoms. The van der Waals surface area contributed by atoms with Crippen LogP contribution in [0.3, 0.4) is 0 Å². The molecule has 6 aliphatic rings. The van der Waals surface area contributed by atoms with E-state index in [2.05, 4.69) is 183 Å². The van der Waals surface area contributed by atoms with E-state index in [1.807, 2.05) is 76.2 Å². The summed E-state index contributed by atoms with van der Waals surface area (Å²) in [7, 11) is 0. The molecule has 17 unspecified atom stereocenters. The van der Waals surface area contributed by atoms with E-state index in [1.165, 1.54) is 98.4 Å². The van der Waals surface area contributed by atoms with E-state index in [0.717, 1.165) is 52.4 Å². The lowest BCUT2D eigenvalue weighted by Gasteiger charge is -2.33. The summed E-state index contributed by atoms with van der Waals surface area (Å²) in [6, 6.07) is 16.3. The number of halogens is 6. The Morgan fingerprint density at radius 3 is 0.881 bits per heavy atom. The zero-order chi connectivity index (χ0) is 103. The molecule has 2 heterocycles. The molecule has 2 saturated heterocycles. The van der Waals surface area contributed by atoms with Crippen molar-refractivity contribution in [3.63, 3.8) is 0 Å². The Kier molecular flexibility index (Phi) is 48.3. The molecular formula is C110H182F6O18. The number of benzene rings is 2. The third-order valence-electron chi connectivity index (χ3n) is 29.8. The number of esters is 9. The molecule has 8 rings (SSSR count). The van der Waals surface area contributed by atoms with E-state index >= 15 is 0 Å². The van der Waals surface area contributed by atoms with Crippen molar-refractivity contribution >= 4 is 53.7 Å². The smallest absolute Gasteiger partial charge is 0.425 e. The maximum absolute atomic E-state index is 12.7. The second-order valence-electron chi connectivity index (χ2n) is 45.3. The van der Waals surface area contributed by atoms with Crippen LogP contribution in [0, 0.1) is 79.3 Å². The van der Waals surface area contributed by atoms with Crippen LogP contribution in [-0.2, 0) is 102 Å². The molecule has 18 nitrogen and oxygen atoms in total.